The Balaban J connectivity index is 1.44. The Bertz CT molecular complexity index is 892. The number of H-pyrrole nitrogens is 1. The number of nitrogens with one attached hydrogen (secondary N) is 3. The maximum absolute atomic E-state index is 13.1. The lowest BCUT2D eigenvalue weighted by Gasteiger charge is -2.40. The topological polar surface area (TPSA) is 107 Å². The predicted molar refractivity (Wildman–Crippen MR) is 105 cm³/mol. The summed E-state index contributed by atoms with van der Waals surface area (Å²) in [7, 11) is 0. The summed E-state index contributed by atoms with van der Waals surface area (Å²) < 4.78 is 0. The van der Waals surface area contributed by atoms with Gasteiger partial charge in [-0.1, -0.05) is 0 Å². The van der Waals surface area contributed by atoms with Gasteiger partial charge in [-0.25, -0.2) is 4.98 Å². The number of aromatic amines is 1. The molecule has 2 fully saturated rings. The molecule has 148 valence electrons. The van der Waals surface area contributed by atoms with Crippen LogP contribution in [0.25, 0.3) is 0 Å². The quantitative estimate of drug-likeness (QED) is 0.689. The van der Waals surface area contributed by atoms with Crippen molar-refractivity contribution >= 4 is 23.2 Å². The molecule has 2 aromatic rings. The van der Waals surface area contributed by atoms with Gasteiger partial charge in [0.1, 0.15) is 5.54 Å². The minimum absolute atomic E-state index is 0.0148. The number of aromatic nitrogens is 2. The van der Waals surface area contributed by atoms with Gasteiger partial charge in [0.15, 0.2) is 0 Å². The highest BCUT2D eigenvalue weighted by Crippen LogP contribution is 2.38. The van der Waals surface area contributed by atoms with Crippen molar-refractivity contribution in [2.75, 3.05) is 13.1 Å². The molecule has 2 aliphatic rings. The number of rotatable bonds is 5. The predicted octanol–water partition coefficient (Wildman–Crippen LogP) is 0.875. The minimum Gasteiger partial charge on any atom is -0.349 e. The number of fused-ring (bicyclic) bond motifs is 1. The summed E-state index contributed by atoms with van der Waals surface area (Å²) in [5.41, 5.74) is 2.21. The first-order valence-corrected chi connectivity index (χ1v) is 10.4. The van der Waals surface area contributed by atoms with Crippen LogP contribution in [0.1, 0.15) is 41.7 Å². The third-order valence-electron chi connectivity index (χ3n) is 5.62. The minimum atomic E-state index is -0.572. The Labute approximate surface area is 166 Å². The molecule has 2 atom stereocenters. The van der Waals surface area contributed by atoms with Gasteiger partial charge in [0, 0.05) is 30.2 Å². The van der Waals surface area contributed by atoms with E-state index in [9.17, 15) is 14.4 Å². The lowest BCUT2D eigenvalue weighted by Crippen LogP contribution is -2.57. The molecule has 8 nitrogen and oxygen atoms in total. The third kappa shape index (κ3) is 3.72. The molecule has 0 bridgehead atoms. The summed E-state index contributed by atoms with van der Waals surface area (Å²) in [4.78, 5) is 45.7. The molecule has 4 rings (SSSR count). The standard InChI is InChI=1S/C19H23N5O3S/c25-16-4-3-13(8-20-16)17(26)23-14-7-19(5-1-2-6-24(19)10-14)18(27)21-9-15-11-28-12-22-15/h3-4,8,11-12,14H,1-2,5-7,9-10H2,(H,20,25)(H,21,27)(H,23,26)/t14-,19-/m0/s1. The lowest BCUT2D eigenvalue weighted by molar-refractivity contribution is -0.134. The largest absolute Gasteiger partial charge is 0.349 e. The van der Waals surface area contributed by atoms with E-state index < -0.39 is 5.54 Å². The van der Waals surface area contributed by atoms with E-state index in [2.05, 4.69) is 25.5 Å². The van der Waals surface area contributed by atoms with Crippen LogP contribution in [0.5, 0.6) is 0 Å². The number of pyridine rings is 1. The molecule has 0 saturated carbocycles. The zero-order chi connectivity index (χ0) is 19.6. The van der Waals surface area contributed by atoms with Gasteiger partial charge in [-0.05, 0) is 38.3 Å². The van der Waals surface area contributed by atoms with Gasteiger partial charge in [-0.2, -0.15) is 0 Å². The Morgan fingerprint density at radius 2 is 2.25 bits per heavy atom. The molecule has 2 aliphatic heterocycles. The summed E-state index contributed by atoms with van der Waals surface area (Å²) in [5.74, 6) is -0.222. The maximum atomic E-state index is 13.1. The van der Waals surface area contributed by atoms with Crippen molar-refractivity contribution in [1.82, 2.24) is 25.5 Å². The van der Waals surface area contributed by atoms with Crippen LogP contribution >= 0.6 is 11.3 Å². The van der Waals surface area contributed by atoms with Crippen molar-refractivity contribution in [3.8, 4) is 0 Å². The van der Waals surface area contributed by atoms with Crippen LogP contribution in [0, 0.1) is 0 Å². The molecule has 2 amide bonds. The van der Waals surface area contributed by atoms with Crippen LogP contribution in [0.15, 0.2) is 34.0 Å². The molecule has 3 N–H and O–H groups in total. The Morgan fingerprint density at radius 3 is 3.00 bits per heavy atom. The second-order valence-electron chi connectivity index (χ2n) is 7.41. The Hall–Kier alpha value is -2.52. The normalized spacial score (nSPS) is 24.5. The molecule has 0 aliphatic carbocycles. The van der Waals surface area contributed by atoms with Crippen molar-refractivity contribution in [3.63, 3.8) is 0 Å². The first kappa shape index (κ1) is 18.8. The van der Waals surface area contributed by atoms with Gasteiger partial charge in [-0.15, -0.1) is 11.3 Å². The summed E-state index contributed by atoms with van der Waals surface area (Å²) in [6.07, 6.45) is 4.85. The maximum Gasteiger partial charge on any atom is 0.253 e. The van der Waals surface area contributed by atoms with Gasteiger partial charge >= 0.3 is 0 Å². The SMILES string of the molecule is O=C(N[C@@H]1CN2CCCC[C@@]2(C(=O)NCc2cscn2)C1)c1ccc(=O)[nH]c1. The Morgan fingerprint density at radius 1 is 1.36 bits per heavy atom. The van der Waals surface area contributed by atoms with Crippen LogP contribution in [0.4, 0.5) is 0 Å². The molecule has 2 aromatic heterocycles. The van der Waals surface area contributed by atoms with Crippen molar-refractivity contribution in [2.24, 2.45) is 0 Å². The molecule has 9 heteroatoms. The molecule has 0 aromatic carbocycles. The number of amides is 2. The number of nitrogens with zero attached hydrogens (tertiary/aromatic N) is 2. The van der Waals surface area contributed by atoms with Crippen LogP contribution in [-0.2, 0) is 11.3 Å². The molecule has 4 heterocycles. The highest BCUT2D eigenvalue weighted by Gasteiger charge is 2.52. The highest BCUT2D eigenvalue weighted by molar-refractivity contribution is 7.07. The van der Waals surface area contributed by atoms with Crippen molar-refractivity contribution in [3.05, 3.63) is 50.8 Å². The second-order valence-corrected chi connectivity index (χ2v) is 8.13. The molecule has 0 unspecified atom stereocenters. The average molecular weight is 401 g/mol. The first-order chi connectivity index (χ1) is 13.6. The van der Waals surface area contributed by atoms with E-state index in [4.69, 9.17) is 0 Å². The third-order valence-corrected chi connectivity index (χ3v) is 6.25. The second kappa shape index (κ2) is 7.84. The van der Waals surface area contributed by atoms with E-state index in [1.165, 1.54) is 29.7 Å². The van der Waals surface area contributed by atoms with E-state index in [-0.39, 0.29) is 23.4 Å². The van der Waals surface area contributed by atoms with E-state index in [0.29, 0.717) is 25.1 Å². The molecule has 0 spiro atoms. The van der Waals surface area contributed by atoms with Crippen molar-refractivity contribution in [2.45, 2.75) is 43.8 Å². The van der Waals surface area contributed by atoms with E-state index >= 15 is 0 Å². The summed E-state index contributed by atoms with van der Waals surface area (Å²) in [6, 6.07) is 2.73. The van der Waals surface area contributed by atoms with Crippen LogP contribution in [-0.4, -0.2) is 51.4 Å². The summed E-state index contributed by atoms with van der Waals surface area (Å²) >= 11 is 1.51. The fraction of sp³-hybridized carbons (Fsp3) is 0.474. The van der Waals surface area contributed by atoms with Gasteiger partial charge in [-0.3, -0.25) is 19.3 Å². The zero-order valence-electron chi connectivity index (χ0n) is 15.4. The number of carbonyl (C=O) groups excluding carboxylic acids is 2. The van der Waals surface area contributed by atoms with Crippen molar-refractivity contribution in [1.29, 1.82) is 0 Å². The average Bonchev–Trinajstić information content (AvgIpc) is 3.34. The fourth-order valence-electron chi connectivity index (χ4n) is 4.25. The molecular weight excluding hydrogens is 378 g/mol. The van der Waals surface area contributed by atoms with Gasteiger partial charge in [0.25, 0.3) is 5.91 Å². The number of piperidine rings is 1. The van der Waals surface area contributed by atoms with Crippen molar-refractivity contribution < 1.29 is 9.59 Å². The van der Waals surface area contributed by atoms with Crippen LogP contribution in [0.3, 0.4) is 0 Å². The van der Waals surface area contributed by atoms with E-state index in [1.807, 2.05) is 5.38 Å². The molecule has 28 heavy (non-hydrogen) atoms. The Kier molecular flexibility index (Phi) is 5.27. The number of carbonyl (C=O) groups is 2. The van der Waals surface area contributed by atoms with Gasteiger partial charge in [0.05, 0.1) is 23.3 Å². The van der Waals surface area contributed by atoms with Gasteiger partial charge < -0.3 is 15.6 Å². The number of hydrogen-bond acceptors (Lipinski definition) is 6. The summed E-state index contributed by atoms with van der Waals surface area (Å²) in [6.45, 7) is 1.93. The molecule has 0 radical (unpaired) electrons. The van der Waals surface area contributed by atoms with Gasteiger partial charge in [0.2, 0.25) is 11.5 Å². The summed E-state index contributed by atoms with van der Waals surface area (Å²) in [5, 5.41) is 8.00. The monoisotopic (exact) mass is 401 g/mol. The fourth-order valence-corrected chi connectivity index (χ4v) is 4.81. The molecule has 2 saturated heterocycles. The highest BCUT2D eigenvalue weighted by atomic mass is 32.1. The van der Waals surface area contributed by atoms with E-state index in [0.717, 1.165) is 31.5 Å². The van der Waals surface area contributed by atoms with Crippen LogP contribution in [0.2, 0.25) is 0 Å². The van der Waals surface area contributed by atoms with Crippen LogP contribution < -0.4 is 16.2 Å². The lowest BCUT2D eigenvalue weighted by atomic mass is 9.84. The first-order valence-electron chi connectivity index (χ1n) is 9.47. The number of thiazole rings is 1. The zero-order valence-corrected chi connectivity index (χ0v) is 16.3. The number of hydrogen-bond donors (Lipinski definition) is 3. The molecular formula is C19H23N5O3S. The smallest absolute Gasteiger partial charge is 0.253 e. The van der Waals surface area contributed by atoms with E-state index in [1.54, 1.807) is 5.51 Å².